The normalized spacial score (nSPS) is 19.4. The second kappa shape index (κ2) is 8.39. The van der Waals surface area contributed by atoms with Crippen LogP contribution >= 0.6 is 0 Å². The minimum Gasteiger partial charge on any atom is -0.462 e. The van der Waals surface area contributed by atoms with E-state index in [1.807, 2.05) is 0 Å². The van der Waals surface area contributed by atoms with Crippen molar-refractivity contribution in [1.82, 2.24) is 4.90 Å². The average Bonchev–Trinajstić information content (AvgIpc) is 2.89. The van der Waals surface area contributed by atoms with Crippen LogP contribution in [0.2, 0.25) is 0 Å². The lowest BCUT2D eigenvalue weighted by atomic mass is 9.92. The Balaban J connectivity index is 3.12. The summed E-state index contributed by atoms with van der Waals surface area (Å²) in [5.41, 5.74) is 0. The molecule has 0 spiro atoms. The molecular formula is C16H25F2NO5. The summed E-state index contributed by atoms with van der Waals surface area (Å²) in [4.78, 5) is 36.9. The molecular weight excluding hydrogens is 324 g/mol. The predicted octanol–water partition coefficient (Wildman–Crippen LogP) is 2.99. The van der Waals surface area contributed by atoms with Crippen molar-refractivity contribution < 1.29 is 32.6 Å². The van der Waals surface area contributed by atoms with Gasteiger partial charge in [-0.1, -0.05) is 33.6 Å². The predicted molar refractivity (Wildman–Crippen MR) is 81.4 cm³/mol. The molecule has 0 aliphatic carbocycles. The smallest absolute Gasteiger partial charge is 0.416 e. The Kier molecular flexibility index (Phi) is 7.10. The molecule has 1 aliphatic rings. The van der Waals surface area contributed by atoms with Gasteiger partial charge in [0.15, 0.2) is 0 Å². The summed E-state index contributed by atoms with van der Waals surface area (Å²) in [7, 11) is 0. The van der Waals surface area contributed by atoms with E-state index in [-0.39, 0.29) is 25.6 Å². The first-order chi connectivity index (χ1) is 11.2. The Morgan fingerprint density at radius 2 is 2.00 bits per heavy atom. The zero-order chi connectivity index (χ0) is 18.5. The van der Waals surface area contributed by atoms with Gasteiger partial charge in [-0.15, -0.1) is 0 Å². The molecule has 0 unspecified atom stereocenters. The molecule has 1 aliphatic heterocycles. The quantitative estimate of drug-likeness (QED) is 0.630. The van der Waals surface area contributed by atoms with Gasteiger partial charge in [0.05, 0.1) is 12.6 Å². The van der Waals surface area contributed by atoms with E-state index >= 15 is 0 Å². The molecule has 0 bridgehead atoms. The number of amides is 2. The van der Waals surface area contributed by atoms with Crippen LogP contribution in [0.3, 0.4) is 0 Å². The third-order valence-electron chi connectivity index (χ3n) is 4.04. The molecule has 0 aromatic carbocycles. The fourth-order valence-electron chi connectivity index (χ4n) is 2.59. The number of unbranched alkanes of at least 4 members (excludes halogenated alkanes) is 1. The monoisotopic (exact) mass is 349 g/mol. The van der Waals surface area contributed by atoms with Crippen molar-refractivity contribution in [2.24, 2.45) is 11.8 Å². The van der Waals surface area contributed by atoms with Gasteiger partial charge in [-0.05, 0) is 19.3 Å². The average molecular weight is 349 g/mol. The van der Waals surface area contributed by atoms with E-state index in [0.29, 0.717) is 12.8 Å². The third kappa shape index (κ3) is 4.21. The van der Waals surface area contributed by atoms with Gasteiger partial charge in [0.2, 0.25) is 5.91 Å². The number of hydrogen-bond acceptors (Lipinski definition) is 5. The lowest BCUT2D eigenvalue weighted by Crippen LogP contribution is -2.52. The van der Waals surface area contributed by atoms with Crippen molar-refractivity contribution in [2.75, 3.05) is 13.2 Å². The lowest BCUT2D eigenvalue weighted by molar-refractivity contribution is -0.185. The summed E-state index contributed by atoms with van der Waals surface area (Å²) in [6, 6.07) is -0.618. The van der Waals surface area contributed by atoms with Crippen LogP contribution in [-0.4, -0.2) is 48.0 Å². The summed E-state index contributed by atoms with van der Waals surface area (Å²) in [5.74, 6) is -8.91. The minimum absolute atomic E-state index is 0.0340. The Labute approximate surface area is 140 Å². The molecule has 0 aromatic heterocycles. The molecule has 0 saturated carbocycles. The number of ether oxygens (including phenoxy) is 2. The van der Waals surface area contributed by atoms with Gasteiger partial charge in [-0.25, -0.2) is 14.5 Å². The molecule has 1 rings (SSSR count). The molecule has 0 aromatic rings. The number of carbonyl (C=O) groups is 3. The van der Waals surface area contributed by atoms with Gasteiger partial charge in [0.1, 0.15) is 12.5 Å². The van der Waals surface area contributed by atoms with Crippen LogP contribution in [0.4, 0.5) is 13.6 Å². The Morgan fingerprint density at radius 3 is 2.50 bits per heavy atom. The summed E-state index contributed by atoms with van der Waals surface area (Å²) in [6.45, 7) is 6.46. The molecule has 2 amide bonds. The molecule has 2 atom stereocenters. The Morgan fingerprint density at radius 1 is 1.38 bits per heavy atom. The number of rotatable bonds is 8. The zero-order valence-corrected chi connectivity index (χ0v) is 14.5. The summed E-state index contributed by atoms with van der Waals surface area (Å²) in [6.07, 6.45) is -0.267. The van der Waals surface area contributed by atoms with Gasteiger partial charge in [0, 0.05) is 0 Å². The lowest BCUT2D eigenvalue weighted by Gasteiger charge is -2.30. The van der Waals surface area contributed by atoms with Crippen molar-refractivity contribution in [1.29, 1.82) is 0 Å². The van der Waals surface area contributed by atoms with E-state index in [0.717, 1.165) is 4.90 Å². The Hall–Kier alpha value is -1.73. The SMILES string of the molecule is CCCC[C@@H](C(=O)N1C(=O)OC[C@@H]1C(C)C)C(F)(F)C(=O)OCC. The van der Waals surface area contributed by atoms with Gasteiger partial charge < -0.3 is 9.47 Å². The summed E-state index contributed by atoms with van der Waals surface area (Å²) >= 11 is 0. The fourth-order valence-corrected chi connectivity index (χ4v) is 2.59. The molecule has 0 N–H and O–H groups in total. The second-order valence-electron chi connectivity index (χ2n) is 6.13. The molecule has 24 heavy (non-hydrogen) atoms. The molecule has 138 valence electrons. The first kappa shape index (κ1) is 20.3. The van der Waals surface area contributed by atoms with Crippen LogP contribution in [0.25, 0.3) is 0 Å². The topological polar surface area (TPSA) is 72.9 Å². The van der Waals surface area contributed by atoms with E-state index in [2.05, 4.69) is 4.74 Å². The molecule has 1 heterocycles. The van der Waals surface area contributed by atoms with Crippen molar-refractivity contribution in [2.45, 2.75) is 58.9 Å². The third-order valence-corrected chi connectivity index (χ3v) is 4.04. The number of halogens is 2. The van der Waals surface area contributed by atoms with E-state index in [1.54, 1.807) is 20.8 Å². The number of nitrogens with zero attached hydrogens (tertiary/aromatic N) is 1. The first-order valence-electron chi connectivity index (χ1n) is 8.23. The molecule has 8 heteroatoms. The number of cyclic esters (lactones) is 1. The van der Waals surface area contributed by atoms with Crippen LogP contribution in [0.1, 0.15) is 47.0 Å². The van der Waals surface area contributed by atoms with Crippen LogP contribution < -0.4 is 0 Å². The van der Waals surface area contributed by atoms with Gasteiger partial charge >= 0.3 is 18.0 Å². The van der Waals surface area contributed by atoms with Crippen molar-refractivity contribution in [3.8, 4) is 0 Å². The fraction of sp³-hybridized carbons (Fsp3) is 0.812. The van der Waals surface area contributed by atoms with E-state index in [4.69, 9.17) is 4.74 Å². The van der Waals surface area contributed by atoms with Crippen molar-refractivity contribution >= 4 is 18.0 Å². The zero-order valence-electron chi connectivity index (χ0n) is 14.5. The van der Waals surface area contributed by atoms with Gasteiger partial charge in [-0.3, -0.25) is 4.79 Å². The number of carbonyl (C=O) groups excluding carboxylic acids is 3. The first-order valence-corrected chi connectivity index (χ1v) is 8.23. The van der Waals surface area contributed by atoms with Crippen LogP contribution in [-0.2, 0) is 19.1 Å². The van der Waals surface area contributed by atoms with Crippen LogP contribution in [0.5, 0.6) is 0 Å². The van der Waals surface area contributed by atoms with E-state index < -0.39 is 35.9 Å². The number of alkyl halides is 2. The van der Waals surface area contributed by atoms with Crippen LogP contribution in [0, 0.1) is 11.8 Å². The van der Waals surface area contributed by atoms with Gasteiger partial charge in [0.25, 0.3) is 0 Å². The highest BCUT2D eigenvalue weighted by Gasteiger charge is 2.55. The van der Waals surface area contributed by atoms with Crippen molar-refractivity contribution in [3.63, 3.8) is 0 Å². The largest absolute Gasteiger partial charge is 0.462 e. The van der Waals surface area contributed by atoms with Gasteiger partial charge in [-0.2, -0.15) is 8.78 Å². The molecule has 0 radical (unpaired) electrons. The van der Waals surface area contributed by atoms with E-state index in [1.165, 1.54) is 6.92 Å². The second-order valence-corrected chi connectivity index (χ2v) is 6.13. The molecule has 1 saturated heterocycles. The summed E-state index contributed by atoms with van der Waals surface area (Å²) in [5, 5.41) is 0. The van der Waals surface area contributed by atoms with Crippen LogP contribution in [0.15, 0.2) is 0 Å². The maximum absolute atomic E-state index is 14.5. The maximum Gasteiger partial charge on any atom is 0.416 e. The number of imide groups is 1. The standard InChI is InChI=1S/C16H25F2NO5/c1-5-7-8-11(16(17,18)14(21)23-6-2)13(20)19-12(10(3)4)9-24-15(19)22/h10-12H,5-9H2,1-4H3/t11-,12+/m0/s1. The highest BCUT2D eigenvalue weighted by atomic mass is 19.3. The van der Waals surface area contributed by atoms with Crippen molar-refractivity contribution in [3.05, 3.63) is 0 Å². The minimum atomic E-state index is -3.99. The highest BCUT2D eigenvalue weighted by Crippen LogP contribution is 2.34. The number of hydrogen-bond donors (Lipinski definition) is 0. The number of esters is 1. The highest BCUT2D eigenvalue weighted by molar-refractivity contribution is 5.98. The van der Waals surface area contributed by atoms with E-state index in [9.17, 15) is 23.2 Å². The Bertz CT molecular complexity index is 481. The summed E-state index contributed by atoms with van der Waals surface area (Å²) < 4.78 is 38.2. The maximum atomic E-state index is 14.5. The molecule has 1 fully saturated rings. The molecule has 6 nitrogen and oxygen atoms in total.